The van der Waals surface area contributed by atoms with Gasteiger partial charge in [-0.25, -0.2) is 19.9 Å². The minimum Gasteiger partial charge on any atom is -0.309 e. The predicted molar refractivity (Wildman–Crippen MR) is 236 cm³/mol. The molecule has 4 aromatic heterocycles. The fourth-order valence-corrected chi connectivity index (χ4v) is 8.08. The molecule has 0 aliphatic carbocycles. The second kappa shape index (κ2) is 14.0. The number of para-hydroxylation sites is 1. The summed E-state index contributed by atoms with van der Waals surface area (Å²) in [6, 6.07) is 67.5. The molecule has 6 nitrogen and oxygen atoms in total. The molecule has 0 aliphatic rings. The van der Waals surface area contributed by atoms with Crippen molar-refractivity contribution >= 4 is 27.5 Å². The third-order valence-electron chi connectivity index (χ3n) is 10.8. The summed E-state index contributed by atoms with van der Waals surface area (Å²) in [4.78, 5) is 20.1. The minimum atomic E-state index is 0.618. The summed E-state index contributed by atoms with van der Waals surface area (Å²) in [5.41, 5.74) is 13.5. The van der Waals surface area contributed by atoms with Crippen molar-refractivity contribution in [2.75, 3.05) is 0 Å². The second-order valence-corrected chi connectivity index (χ2v) is 14.4. The Bertz CT molecular complexity index is 3190. The molecule has 0 saturated heterocycles. The van der Waals surface area contributed by atoms with Gasteiger partial charge in [-0.2, -0.15) is 0 Å². The third kappa shape index (κ3) is 5.83. The van der Waals surface area contributed by atoms with E-state index in [1.807, 2.05) is 85.1 Å². The molecule has 58 heavy (non-hydrogen) atoms. The van der Waals surface area contributed by atoms with Gasteiger partial charge in [-0.15, -0.1) is 0 Å². The monoisotopic (exact) mass is 742 g/mol. The first kappa shape index (κ1) is 33.4. The van der Waals surface area contributed by atoms with E-state index in [0.29, 0.717) is 17.5 Å². The summed E-state index contributed by atoms with van der Waals surface area (Å²) < 4.78 is 4.47. The van der Waals surface area contributed by atoms with Gasteiger partial charge < -0.3 is 8.97 Å². The van der Waals surface area contributed by atoms with E-state index in [0.717, 1.165) is 72.6 Å². The Morgan fingerprint density at radius 1 is 0.345 bits per heavy atom. The highest BCUT2D eigenvalue weighted by molar-refractivity contribution is 6.11. The van der Waals surface area contributed by atoms with E-state index in [2.05, 4.69) is 130 Å². The molecule has 272 valence electrons. The quantitative estimate of drug-likeness (QED) is 0.163. The van der Waals surface area contributed by atoms with Gasteiger partial charge in [-0.3, -0.25) is 0 Å². The maximum absolute atomic E-state index is 5.07. The fraction of sp³-hybridized carbons (Fsp3) is 0. The van der Waals surface area contributed by atoms with Crippen molar-refractivity contribution in [2.45, 2.75) is 0 Å². The van der Waals surface area contributed by atoms with Crippen molar-refractivity contribution in [1.29, 1.82) is 0 Å². The smallest absolute Gasteiger partial charge is 0.164 e. The minimum absolute atomic E-state index is 0.618. The van der Waals surface area contributed by atoms with Gasteiger partial charge in [0, 0.05) is 51.0 Å². The Kier molecular flexibility index (Phi) is 8.04. The van der Waals surface area contributed by atoms with Crippen LogP contribution in [0, 0.1) is 0 Å². The van der Waals surface area contributed by atoms with Crippen LogP contribution in [0.2, 0.25) is 0 Å². The first-order chi connectivity index (χ1) is 28.7. The highest BCUT2D eigenvalue weighted by Gasteiger charge is 2.20. The van der Waals surface area contributed by atoms with E-state index in [-0.39, 0.29) is 0 Å². The molecule has 0 amide bonds. The van der Waals surface area contributed by atoms with Gasteiger partial charge >= 0.3 is 0 Å². The van der Waals surface area contributed by atoms with Crippen molar-refractivity contribution in [1.82, 2.24) is 28.9 Å². The van der Waals surface area contributed by atoms with Crippen LogP contribution >= 0.6 is 0 Å². The van der Waals surface area contributed by atoms with Crippen LogP contribution < -0.4 is 0 Å². The Morgan fingerprint density at radius 3 is 1.62 bits per heavy atom. The zero-order chi connectivity index (χ0) is 38.4. The molecule has 0 atom stereocenters. The van der Waals surface area contributed by atoms with Gasteiger partial charge in [0.15, 0.2) is 17.5 Å². The van der Waals surface area contributed by atoms with Crippen molar-refractivity contribution in [3.8, 4) is 73.4 Å². The van der Waals surface area contributed by atoms with E-state index in [9.17, 15) is 0 Å². The van der Waals surface area contributed by atoms with Crippen molar-refractivity contribution in [2.24, 2.45) is 0 Å². The lowest BCUT2D eigenvalue weighted by Gasteiger charge is -2.16. The Labute approximate surface area is 335 Å². The third-order valence-corrected chi connectivity index (χ3v) is 10.8. The number of benzene rings is 7. The summed E-state index contributed by atoms with van der Waals surface area (Å²) in [6.07, 6.45) is 4.15. The highest BCUT2D eigenvalue weighted by Crippen LogP contribution is 2.41. The lowest BCUT2D eigenvalue weighted by atomic mass is 9.96. The molecule has 0 aliphatic heterocycles. The summed E-state index contributed by atoms with van der Waals surface area (Å²) in [7, 11) is 0. The first-order valence-corrected chi connectivity index (χ1v) is 19.4. The highest BCUT2D eigenvalue weighted by atomic mass is 15.0. The molecule has 0 saturated carbocycles. The lowest BCUT2D eigenvalue weighted by Crippen LogP contribution is -2.02. The molecule has 0 N–H and O–H groups in total. The van der Waals surface area contributed by atoms with Crippen LogP contribution in [-0.2, 0) is 0 Å². The largest absolute Gasteiger partial charge is 0.309 e. The maximum atomic E-state index is 5.07. The standard InChI is InChI=1S/C52H34N6/c1-4-16-35(17-5-1)43-33-39(52-55-50(36-18-6-2-7-19-36)54-51(56-52)37-20-8-3-9-21-37)28-30-47(43)58-46-25-13-12-24-42(46)44-32-38(27-29-48(44)58)40-22-10-11-23-41(40)45-34-57-31-15-14-26-49(57)53-45/h1-34H. The number of nitrogens with zero attached hydrogens (tertiary/aromatic N) is 6. The second-order valence-electron chi connectivity index (χ2n) is 14.4. The lowest BCUT2D eigenvalue weighted by molar-refractivity contribution is 1.07. The van der Waals surface area contributed by atoms with Gasteiger partial charge in [-0.1, -0.05) is 146 Å². The van der Waals surface area contributed by atoms with Crippen molar-refractivity contribution in [3.05, 3.63) is 207 Å². The molecule has 11 rings (SSSR count). The molecule has 4 heterocycles. The van der Waals surface area contributed by atoms with Crippen molar-refractivity contribution in [3.63, 3.8) is 0 Å². The van der Waals surface area contributed by atoms with Crippen LogP contribution in [-0.4, -0.2) is 28.9 Å². The molecule has 0 unspecified atom stereocenters. The van der Waals surface area contributed by atoms with E-state index < -0.39 is 0 Å². The normalized spacial score (nSPS) is 11.4. The Balaban J connectivity index is 1.10. The van der Waals surface area contributed by atoms with Crippen LogP contribution in [0.15, 0.2) is 207 Å². The van der Waals surface area contributed by atoms with Gasteiger partial charge in [0.25, 0.3) is 0 Å². The zero-order valence-corrected chi connectivity index (χ0v) is 31.3. The number of fused-ring (bicyclic) bond motifs is 4. The molecule has 11 aromatic rings. The molecule has 0 spiro atoms. The van der Waals surface area contributed by atoms with Crippen LogP contribution in [0.5, 0.6) is 0 Å². The topological polar surface area (TPSA) is 60.9 Å². The van der Waals surface area contributed by atoms with Gasteiger partial charge in [-0.05, 0) is 65.2 Å². The van der Waals surface area contributed by atoms with Crippen LogP contribution in [0.3, 0.4) is 0 Å². The number of hydrogen-bond donors (Lipinski definition) is 0. The van der Waals surface area contributed by atoms with E-state index in [1.54, 1.807) is 0 Å². The summed E-state index contributed by atoms with van der Waals surface area (Å²) >= 11 is 0. The van der Waals surface area contributed by atoms with E-state index in [4.69, 9.17) is 19.9 Å². The average Bonchev–Trinajstić information content (AvgIpc) is 3.89. The molecule has 0 fully saturated rings. The number of imidazole rings is 1. The molecule has 0 bridgehead atoms. The Morgan fingerprint density at radius 2 is 0.914 bits per heavy atom. The van der Waals surface area contributed by atoms with Crippen LogP contribution in [0.1, 0.15) is 0 Å². The first-order valence-electron chi connectivity index (χ1n) is 19.4. The van der Waals surface area contributed by atoms with Gasteiger partial charge in [0.1, 0.15) is 5.65 Å². The summed E-state index contributed by atoms with van der Waals surface area (Å²) in [6.45, 7) is 0. The van der Waals surface area contributed by atoms with Gasteiger partial charge in [0.05, 0.1) is 22.4 Å². The molecular formula is C52H34N6. The average molecular weight is 743 g/mol. The van der Waals surface area contributed by atoms with Gasteiger partial charge in [0.2, 0.25) is 0 Å². The molecular weight excluding hydrogens is 709 g/mol. The SMILES string of the molecule is c1ccc(-c2nc(-c3ccccc3)nc(-c3ccc(-n4c5ccccc5c5cc(-c6ccccc6-c6cn7ccccc7n6)ccc54)c(-c4ccccc4)c3)n2)cc1. The van der Waals surface area contributed by atoms with E-state index >= 15 is 0 Å². The maximum Gasteiger partial charge on any atom is 0.164 e. The molecule has 6 heteroatoms. The van der Waals surface area contributed by atoms with Crippen LogP contribution in [0.4, 0.5) is 0 Å². The number of pyridine rings is 1. The zero-order valence-electron chi connectivity index (χ0n) is 31.3. The van der Waals surface area contributed by atoms with E-state index in [1.165, 1.54) is 10.8 Å². The fourth-order valence-electron chi connectivity index (χ4n) is 8.08. The predicted octanol–water partition coefficient (Wildman–Crippen LogP) is 12.6. The molecule has 7 aromatic carbocycles. The van der Waals surface area contributed by atoms with Crippen molar-refractivity contribution < 1.29 is 0 Å². The number of aromatic nitrogens is 6. The number of rotatable bonds is 7. The van der Waals surface area contributed by atoms with Crippen LogP contribution in [0.25, 0.3) is 101 Å². The summed E-state index contributed by atoms with van der Waals surface area (Å²) in [5.74, 6) is 1.89. The molecule has 0 radical (unpaired) electrons. The Hall–Kier alpha value is -7.96. The summed E-state index contributed by atoms with van der Waals surface area (Å²) in [5, 5.41) is 2.36. The number of hydrogen-bond acceptors (Lipinski definition) is 4.